The molecule has 2 aliphatic rings. The van der Waals surface area contributed by atoms with Gasteiger partial charge in [-0.2, -0.15) is 0 Å². The molecule has 0 bridgehead atoms. The Kier molecular flexibility index (Phi) is 1.23. The molecule has 0 saturated heterocycles. The monoisotopic (exact) mass is 134 g/mol. The fourth-order valence-corrected chi connectivity index (χ4v) is 2.10. The van der Waals surface area contributed by atoms with Gasteiger partial charge in [-0.25, -0.2) is 0 Å². The first-order valence-electron chi connectivity index (χ1n) is 4.16. The first-order valence-corrected chi connectivity index (χ1v) is 4.16. The number of hydrogen-bond acceptors (Lipinski definition) is 0. The van der Waals surface area contributed by atoms with Gasteiger partial charge in [0.05, 0.1) is 0 Å². The van der Waals surface area contributed by atoms with Crippen LogP contribution in [0.3, 0.4) is 0 Å². The molecule has 0 heteroatoms. The van der Waals surface area contributed by atoms with Gasteiger partial charge in [-0.3, -0.25) is 0 Å². The lowest BCUT2D eigenvalue weighted by molar-refractivity contribution is 0.305. The SMILES string of the molecule is CC12C=CCCC1C=CC2. The van der Waals surface area contributed by atoms with E-state index in [1.807, 2.05) is 0 Å². The molecule has 10 heavy (non-hydrogen) atoms. The quantitative estimate of drug-likeness (QED) is 0.447. The maximum absolute atomic E-state index is 2.40. The fraction of sp³-hybridized carbons (Fsp3) is 0.600. The number of rotatable bonds is 0. The fourth-order valence-electron chi connectivity index (χ4n) is 2.10. The highest BCUT2D eigenvalue weighted by molar-refractivity contribution is 5.17. The minimum absolute atomic E-state index is 0.498. The predicted octanol–water partition coefficient (Wildman–Crippen LogP) is 2.92. The lowest BCUT2D eigenvalue weighted by Crippen LogP contribution is -2.21. The lowest BCUT2D eigenvalue weighted by atomic mass is 9.73. The van der Waals surface area contributed by atoms with Crippen LogP contribution in [0.2, 0.25) is 0 Å². The zero-order valence-corrected chi connectivity index (χ0v) is 6.51. The Morgan fingerprint density at radius 3 is 3.10 bits per heavy atom. The van der Waals surface area contributed by atoms with Gasteiger partial charge in [0.15, 0.2) is 0 Å². The zero-order valence-electron chi connectivity index (χ0n) is 6.51. The molecule has 0 aromatic heterocycles. The normalized spacial score (nSPS) is 43.9. The minimum atomic E-state index is 0.498. The van der Waals surface area contributed by atoms with Crippen molar-refractivity contribution in [2.45, 2.75) is 26.2 Å². The number of hydrogen-bond donors (Lipinski definition) is 0. The van der Waals surface area contributed by atoms with Gasteiger partial charge in [0, 0.05) is 0 Å². The molecule has 0 radical (unpaired) electrons. The molecular weight excluding hydrogens is 120 g/mol. The van der Waals surface area contributed by atoms with Crippen molar-refractivity contribution in [1.82, 2.24) is 0 Å². The average molecular weight is 134 g/mol. The van der Waals surface area contributed by atoms with Crippen LogP contribution in [0.25, 0.3) is 0 Å². The van der Waals surface area contributed by atoms with E-state index in [1.54, 1.807) is 0 Å². The molecule has 2 unspecified atom stereocenters. The van der Waals surface area contributed by atoms with Crippen LogP contribution >= 0.6 is 0 Å². The smallest absolute Gasteiger partial charge is 0.00493 e. The van der Waals surface area contributed by atoms with Crippen LogP contribution < -0.4 is 0 Å². The molecule has 0 saturated carbocycles. The van der Waals surface area contributed by atoms with Gasteiger partial charge in [0.1, 0.15) is 0 Å². The van der Waals surface area contributed by atoms with Crippen molar-refractivity contribution in [2.75, 3.05) is 0 Å². The van der Waals surface area contributed by atoms with E-state index in [1.165, 1.54) is 19.3 Å². The summed E-state index contributed by atoms with van der Waals surface area (Å²) in [5.74, 6) is 0.845. The minimum Gasteiger partial charge on any atom is -0.0879 e. The second-order valence-corrected chi connectivity index (χ2v) is 3.72. The molecule has 0 aromatic carbocycles. The Morgan fingerprint density at radius 1 is 1.40 bits per heavy atom. The van der Waals surface area contributed by atoms with E-state index in [-0.39, 0.29) is 0 Å². The van der Waals surface area contributed by atoms with Gasteiger partial charge in [-0.05, 0) is 30.6 Å². The van der Waals surface area contributed by atoms with Crippen LogP contribution in [-0.4, -0.2) is 0 Å². The summed E-state index contributed by atoms with van der Waals surface area (Å²) in [6.07, 6.45) is 13.4. The molecule has 0 spiro atoms. The largest absolute Gasteiger partial charge is 0.0879 e. The highest BCUT2D eigenvalue weighted by atomic mass is 14.4. The first-order chi connectivity index (χ1) is 4.81. The molecular formula is C10H14. The molecule has 2 aliphatic carbocycles. The first kappa shape index (κ1) is 6.21. The summed E-state index contributed by atoms with van der Waals surface area (Å²) in [7, 11) is 0. The molecule has 0 N–H and O–H groups in total. The van der Waals surface area contributed by atoms with E-state index in [0.29, 0.717) is 5.41 Å². The number of allylic oxidation sites excluding steroid dienone is 4. The standard InChI is InChI=1S/C10H14/c1-10-7-3-2-5-9(10)6-4-8-10/h3-4,6-7,9H,2,5,8H2,1H3. The Balaban J connectivity index is 2.29. The summed E-state index contributed by atoms with van der Waals surface area (Å²) in [5, 5.41) is 0. The van der Waals surface area contributed by atoms with Crippen molar-refractivity contribution >= 4 is 0 Å². The molecule has 2 atom stereocenters. The Bertz CT molecular complexity index is 188. The van der Waals surface area contributed by atoms with Gasteiger partial charge < -0.3 is 0 Å². The number of fused-ring (bicyclic) bond motifs is 1. The van der Waals surface area contributed by atoms with Crippen molar-refractivity contribution in [3.8, 4) is 0 Å². The van der Waals surface area contributed by atoms with Gasteiger partial charge in [0.25, 0.3) is 0 Å². The molecule has 0 aliphatic heterocycles. The average Bonchev–Trinajstić information content (AvgIpc) is 2.29. The third-order valence-electron chi connectivity index (χ3n) is 2.92. The van der Waals surface area contributed by atoms with Crippen molar-refractivity contribution in [3.63, 3.8) is 0 Å². The van der Waals surface area contributed by atoms with Gasteiger partial charge in [-0.15, -0.1) is 0 Å². The van der Waals surface area contributed by atoms with Crippen LogP contribution in [0.4, 0.5) is 0 Å². The van der Waals surface area contributed by atoms with E-state index in [4.69, 9.17) is 0 Å². The molecule has 0 amide bonds. The van der Waals surface area contributed by atoms with Crippen LogP contribution in [0.5, 0.6) is 0 Å². The van der Waals surface area contributed by atoms with Crippen molar-refractivity contribution in [1.29, 1.82) is 0 Å². The second kappa shape index (κ2) is 1.98. The van der Waals surface area contributed by atoms with Crippen LogP contribution in [0, 0.1) is 11.3 Å². The summed E-state index contributed by atoms with van der Waals surface area (Å²) in [6.45, 7) is 2.37. The van der Waals surface area contributed by atoms with E-state index in [9.17, 15) is 0 Å². The van der Waals surface area contributed by atoms with E-state index >= 15 is 0 Å². The molecule has 2 rings (SSSR count). The molecule has 54 valence electrons. The zero-order chi connectivity index (χ0) is 7.03. The third-order valence-corrected chi connectivity index (χ3v) is 2.92. The highest BCUT2D eigenvalue weighted by Gasteiger charge is 2.33. The summed E-state index contributed by atoms with van der Waals surface area (Å²) in [4.78, 5) is 0. The van der Waals surface area contributed by atoms with E-state index in [2.05, 4.69) is 31.2 Å². The van der Waals surface area contributed by atoms with Gasteiger partial charge in [0.2, 0.25) is 0 Å². The molecule has 0 aromatic rings. The summed E-state index contributed by atoms with van der Waals surface area (Å²) >= 11 is 0. The Labute approximate surface area is 62.6 Å². The molecule has 0 fully saturated rings. The van der Waals surface area contributed by atoms with Crippen LogP contribution in [0.15, 0.2) is 24.3 Å². The Morgan fingerprint density at radius 2 is 2.30 bits per heavy atom. The van der Waals surface area contributed by atoms with E-state index in [0.717, 1.165) is 5.92 Å². The van der Waals surface area contributed by atoms with Crippen molar-refractivity contribution in [2.24, 2.45) is 11.3 Å². The predicted molar refractivity (Wildman–Crippen MR) is 43.7 cm³/mol. The summed E-state index contributed by atoms with van der Waals surface area (Å²) in [5.41, 5.74) is 0.498. The maximum atomic E-state index is 2.40. The Hall–Kier alpha value is -0.520. The van der Waals surface area contributed by atoms with Crippen molar-refractivity contribution in [3.05, 3.63) is 24.3 Å². The lowest BCUT2D eigenvalue weighted by Gasteiger charge is -2.31. The van der Waals surface area contributed by atoms with Crippen LogP contribution in [-0.2, 0) is 0 Å². The highest BCUT2D eigenvalue weighted by Crippen LogP contribution is 2.44. The molecule has 0 heterocycles. The topological polar surface area (TPSA) is 0 Å². The summed E-state index contributed by atoms with van der Waals surface area (Å²) < 4.78 is 0. The maximum Gasteiger partial charge on any atom is -0.00493 e. The third kappa shape index (κ3) is 0.749. The second-order valence-electron chi connectivity index (χ2n) is 3.72. The molecule has 0 nitrogen and oxygen atoms in total. The van der Waals surface area contributed by atoms with Gasteiger partial charge >= 0.3 is 0 Å². The summed E-state index contributed by atoms with van der Waals surface area (Å²) in [6, 6.07) is 0. The van der Waals surface area contributed by atoms with Gasteiger partial charge in [-0.1, -0.05) is 31.2 Å². The van der Waals surface area contributed by atoms with E-state index < -0.39 is 0 Å². The van der Waals surface area contributed by atoms with Crippen LogP contribution in [0.1, 0.15) is 26.2 Å². The van der Waals surface area contributed by atoms with Crippen molar-refractivity contribution < 1.29 is 0 Å².